The lowest BCUT2D eigenvalue weighted by molar-refractivity contribution is -0.120. The predicted octanol–water partition coefficient (Wildman–Crippen LogP) is 1.35. The highest BCUT2D eigenvalue weighted by Crippen LogP contribution is 2.10. The first kappa shape index (κ1) is 19.3. The zero-order chi connectivity index (χ0) is 18.9. The van der Waals surface area contributed by atoms with Crippen LogP contribution in [-0.4, -0.2) is 30.3 Å². The summed E-state index contributed by atoms with van der Waals surface area (Å²) in [5, 5.41) is 12.3. The molecule has 1 aliphatic rings. The van der Waals surface area contributed by atoms with E-state index in [2.05, 4.69) is 21.1 Å². The number of carbonyl (C=O) groups excluding carboxylic acids is 2. The van der Waals surface area contributed by atoms with Crippen LogP contribution in [0.25, 0.3) is 0 Å². The average molecular weight is 359 g/mol. The molecule has 2 rings (SSSR count). The number of hydrogen-bond acceptors (Lipinski definition) is 6. The quantitative estimate of drug-likeness (QED) is 0.333. The number of benzene rings is 1. The van der Waals surface area contributed by atoms with Crippen LogP contribution in [0.4, 0.5) is 4.79 Å². The Morgan fingerprint density at radius 3 is 2.65 bits per heavy atom. The Hall–Kier alpha value is -3.03. The number of nitrogens with one attached hydrogen (secondary N) is 3. The van der Waals surface area contributed by atoms with Crippen LogP contribution in [0.1, 0.15) is 32.3 Å². The molecule has 1 unspecified atom stereocenters. The van der Waals surface area contributed by atoms with Crippen molar-refractivity contribution >= 4 is 17.7 Å². The topological polar surface area (TPSA) is 118 Å². The van der Waals surface area contributed by atoms with Crippen molar-refractivity contribution < 1.29 is 14.3 Å². The van der Waals surface area contributed by atoms with Crippen molar-refractivity contribution in [2.24, 2.45) is 10.9 Å². The van der Waals surface area contributed by atoms with Crippen LogP contribution in [0.15, 0.2) is 46.8 Å². The van der Waals surface area contributed by atoms with E-state index in [0.717, 1.165) is 17.0 Å². The van der Waals surface area contributed by atoms with Gasteiger partial charge < -0.3 is 26.5 Å². The summed E-state index contributed by atoms with van der Waals surface area (Å²) < 4.78 is 5.13. The number of allylic oxidation sites excluding steroid dienone is 1. The third-order valence-corrected chi connectivity index (χ3v) is 3.90. The van der Waals surface area contributed by atoms with E-state index >= 15 is 0 Å². The van der Waals surface area contributed by atoms with Gasteiger partial charge >= 0.3 is 6.09 Å². The molecule has 0 bridgehead atoms. The molecule has 1 aliphatic heterocycles. The minimum Gasteiger partial charge on any atom is -0.445 e. The molecule has 1 heterocycles. The van der Waals surface area contributed by atoms with Gasteiger partial charge in [0.05, 0.1) is 0 Å². The fraction of sp³-hybridized carbons (Fsp3) is 0.389. The lowest BCUT2D eigenvalue weighted by atomic mass is 10.1. The molecule has 0 spiro atoms. The molecule has 26 heavy (non-hydrogen) atoms. The van der Waals surface area contributed by atoms with Gasteiger partial charge in [-0.15, -0.1) is 0 Å². The van der Waals surface area contributed by atoms with Gasteiger partial charge in [-0.1, -0.05) is 30.3 Å². The van der Waals surface area contributed by atoms with Gasteiger partial charge in [0.2, 0.25) is 5.91 Å². The van der Waals surface area contributed by atoms with Gasteiger partial charge in [-0.2, -0.15) is 5.10 Å². The van der Waals surface area contributed by atoms with E-state index in [0.29, 0.717) is 25.1 Å². The van der Waals surface area contributed by atoms with E-state index in [-0.39, 0.29) is 12.5 Å². The number of hydrazone groups is 1. The molecule has 8 nitrogen and oxygen atoms in total. The Balaban J connectivity index is 1.71. The maximum absolute atomic E-state index is 11.9. The summed E-state index contributed by atoms with van der Waals surface area (Å²) in [4.78, 5) is 23.7. The summed E-state index contributed by atoms with van der Waals surface area (Å²) in [6.07, 6.45) is 0.306. The molecule has 0 aliphatic carbocycles. The highest BCUT2D eigenvalue weighted by molar-refractivity contribution is 5.94. The Labute approximate surface area is 152 Å². The highest BCUT2D eigenvalue weighted by Gasteiger charge is 2.28. The second-order valence-electron chi connectivity index (χ2n) is 6.20. The number of nitrogens with zero attached hydrogens (tertiary/aromatic N) is 1. The minimum atomic E-state index is -0.506. The molecule has 1 atom stereocenters. The Morgan fingerprint density at radius 2 is 2.04 bits per heavy atom. The molecule has 5 N–H and O–H groups in total. The average Bonchev–Trinajstić information content (AvgIpc) is 3.01. The van der Waals surface area contributed by atoms with E-state index in [9.17, 15) is 9.59 Å². The Kier molecular flexibility index (Phi) is 7.02. The third-order valence-electron chi connectivity index (χ3n) is 3.90. The van der Waals surface area contributed by atoms with Gasteiger partial charge in [0.25, 0.3) is 0 Å². The maximum Gasteiger partial charge on any atom is 0.407 e. The fourth-order valence-electron chi connectivity index (χ4n) is 2.44. The second-order valence-corrected chi connectivity index (χ2v) is 6.20. The van der Waals surface area contributed by atoms with E-state index in [1.165, 1.54) is 0 Å². The monoisotopic (exact) mass is 359 g/mol. The minimum absolute atomic E-state index is 0.113. The van der Waals surface area contributed by atoms with E-state index in [1.54, 1.807) is 0 Å². The van der Waals surface area contributed by atoms with Crippen LogP contribution >= 0.6 is 0 Å². The van der Waals surface area contributed by atoms with Crippen molar-refractivity contribution in [1.82, 2.24) is 16.0 Å². The summed E-state index contributed by atoms with van der Waals surface area (Å²) >= 11 is 0. The van der Waals surface area contributed by atoms with Crippen LogP contribution in [0.2, 0.25) is 0 Å². The van der Waals surface area contributed by atoms with Crippen molar-refractivity contribution in [3.63, 3.8) is 0 Å². The smallest absolute Gasteiger partial charge is 0.407 e. The lowest BCUT2D eigenvalue weighted by Gasteiger charge is -2.11. The zero-order valence-electron chi connectivity index (χ0n) is 15.0. The first-order valence-electron chi connectivity index (χ1n) is 8.44. The van der Waals surface area contributed by atoms with Gasteiger partial charge in [0.1, 0.15) is 18.5 Å². The molecule has 0 saturated carbocycles. The van der Waals surface area contributed by atoms with Crippen molar-refractivity contribution in [3.05, 3.63) is 47.3 Å². The predicted molar refractivity (Wildman–Crippen MR) is 98.9 cm³/mol. The van der Waals surface area contributed by atoms with Crippen molar-refractivity contribution in [1.29, 1.82) is 0 Å². The first-order valence-corrected chi connectivity index (χ1v) is 8.44. The van der Waals surface area contributed by atoms with Gasteiger partial charge in [0.15, 0.2) is 0 Å². The number of ether oxygens (including phenoxy) is 1. The molecule has 1 saturated heterocycles. The van der Waals surface area contributed by atoms with Crippen LogP contribution in [0.5, 0.6) is 0 Å². The number of rotatable bonds is 7. The molecule has 140 valence electrons. The zero-order valence-corrected chi connectivity index (χ0v) is 15.0. The van der Waals surface area contributed by atoms with Gasteiger partial charge in [-0.05, 0) is 25.0 Å². The number of alkyl carbamates (subject to hydrolysis) is 1. The first-order chi connectivity index (χ1) is 12.5. The molecule has 1 fully saturated rings. The summed E-state index contributed by atoms with van der Waals surface area (Å²) in [5.74, 6) is 6.02. The van der Waals surface area contributed by atoms with E-state index < -0.39 is 12.1 Å². The molecule has 2 amide bonds. The molecular weight excluding hydrogens is 334 g/mol. The van der Waals surface area contributed by atoms with Crippen molar-refractivity contribution in [2.75, 3.05) is 6.54 Å². The molecular formula is C18H25N5O3. The number of carbonyl (C=O) groups is 2. The summed E-state index contributed by atoms with van der Waals surface area (Å²) in [5.41, 5.74) is 2.55. The van der Waals surface area contributed by atoms with Crippen LogP contribution in [0, 0.1) is 0 Å². The van der Waals surface area contributed by atoms with E-state index in [4.69, 9.17) is 10.6 Å². The summed E-state index contributed by atoms with van der Waals surface area (Å²) in [7, 11) is 0. The Morgan fingerprint density at radius 1 is 1.31 bits per heavy atom. The second kappa shape index (κ2) is 9.45. The molecule has 8 heteroatoms. The highest BCUT2D eigenvalue weighted by atomic mass is 16.5. The number of nitrogens with two attached hydrogens (primary N) is 1. The van der Waals surface area contributed by atoms with Crippen LogP contribution in [-0.2, 0) is 16.1 Å². The molecule has 0 radical (unpaired) electrons. The van der Waals surface area contributed by atoms with Crippen molar-refractivity contribution in [3.8, 4) is 0 Å². The van der Waals surface area contributed by atoms with Gasteiger partial charge in [-0.25, -0.2) is 4.79 Å². The number of hydrogen-bond donors (Lipinski definition) is 4. The SMILES string of the molecule is CC(C)=C1NC(=O)C(CC(CCNC(=O)OCc2ccccc2)=NN)N1. The fourth-order valence-corrected chi connectivity index (χ4v) is 2.44. The third kappa shape index (κ3) is 5.80. The van der Waals surface area contributed by atoms with Crippen LogP contribution in [0.3, 0.4) is 0 Å². The summed E-state index contributed by atoms with van der Waals surface area (Å²) in [6, 6.07) is 9.02. The molecule has 1 aromatic rings. The van der Waals surface area contributed by atoms with E-state index in [1.807, 2.05) is 44.2 Å². The lowest BCUT2D eigenvalue weighted by Crippen LogP contribution is -2.33. The van der Waals surface area contributed by atoms with Crippen LogP contribution < -0.4 is 21.8 Å². The molecule has 0 aromatic heterocycles. The normalized spacial score (nSPS) is 16.7. The largest absolute Gasteiger partial charge is 0.445 e. The number of amides is 2. The summed E-state index contributed by atoms with van der Waals surface area (Å²) in [6.45, 7) is 4.36. The Bertz CT molecular complexity index is 696. The molecule has 1 aromatic carbocycles. The standard InChI is InChI=1S/C18H25N5O3/c1-12(2)16-21-15(17(24)22-16)10-14(23-19)8-9-20-18(25)26-11-13-6-4-3-5-7-13/h3-7,15,21H,8-11,19H2,1-2H3,(H,20,25)(H,22,24). The van der Waals surface area contributed by atoms with Crippen molar-refractivity contribution in [2.45, 2.75) is 39.3 Å². The van der Waals surface area contributed by atoms with Gasteiger partial charge in [-0.3, -0.25) is 4.79 Å². The maximum atomic E-state index is 11.9. The van der Waals surface area contributed by atoms with Gasteiger partial charge in [0, 0.05) is 25.1 Å².